The van der Waals surface area contributed by atoms with Crippen molar-refractivity contribution in [3.05, 3.63) is 101 Å². The number of halogens is 1. The summed E-state index contributed by atoms with van der Waals surface area (Å²) in [6, 6.07) is 26.8. The number of sulfonamides is 1. The first-order valence-electron chi connectivity index (χ1n) is 12.3. The first-order chi connectivity index (χ1) is 17.4. The molecule has 1 fully saturated rings. The lowest BCUT2D eigenvalue weighted by Crippen LogP contribution is -2.49. The van der Waals surface area contributed by atoms with Crippen LogP contribution >= 0.6 is 15.9 Å². The maximum absolute atomic E-state index is 13.4. The minimum Gasteiger partial charge on any atom is -0.340 e. The van der Waals surface area contributed by atoms with Crippen molar-refractivity contribution >= 4 is 31.9 Å². The van der Waals surface area contributed by atoms with Crippen molar-refractivity contribution in [2.45, 2.75) is 24.3 Å². The number of hydrogen-bond donors (Lipinski definition) is 0. The number of piperazine rings is 1. The topological polar surface area (TPSA) is 60.9 Å². The van der Waals surface area contributed by atoms with Crippen molar-refractivity contribution in [3.63, 3.8) is 0 Å². The Hall–Kier alpha value is -2.52. The molecule has 0 unspecified atom stereocenters. The van der Waals surface area contributed by atoms with Crippen LogP contribution in [0, 0.1) is 0 Å². The van der Waals surface area contributed by atoms with Crippen LogP contribution in [0.4, 0.5) is 0 Å². The summed E-state index contributed by atoms with van der Waals surface area (Å²) in [4.78, 5) is 17.5. The van der Waals surface area contributed by atoms with Gasteiger partial charge in [0.2, 0.25) is 15.9 Å². The Morgan fingerprint density at radius 3 is 1.97 bits per heavy atom. The summed E-state index contributed by atoms with van der Waals surface area (Å²) in [5.41, 5.74) is 2.33. The molecule has 8 heteroatoms. The highest BCUT2D eigenvalue weighted by Crippen LogP contribution is 2.20. The third-order valence-electron chi connectivity index (χ3n) is 6.49. The van der Waals surface area contributed by atoms with E-state index in [0.717, 1.165) is 29.7 Å². The van der Waals surface area contributed by atoms with E-state index in [1.165, 1.54) is 9.87 Å². The molecule has 4 rings (SSSR count). The molecule has 0 saturated carbocycles. The first kappa shape index (κ1) is 26.5. The zero-order chi connectivity index (χ0) is 25.4. The van der Waals surface area contributed by atoms with Gasteiger partial charge in [0.05, 0.1) is 4.90 Å². The summed E-state index contributed by atoms with van der Waals surface area (Å²) < 4.78 is 29.2. The molecule has 1 amide bonds. The first-order valence-corrected chi connectivity index (χ1v) is 14.5. The maximum Gasteiger partial charge on any atom is 0.243 e. The number of hydrogen-bond acceptors (Lipinski definition) is 4. The fourth-order valence-electron chi connectivity index (χ4n) is 4.38. The van der Waals surface area contributed by atoms with E-state index in [4.69, 9.17) is 0 Å². The number of rotatable bonds is 10. The molecule has 36 heavy (non-hydrogen) atoms. The Morgan fingerprint density at radius 2 is 1.36 bits per heavy atom. The second-order valence-corrected chi connectivity index (χ2v) is 11.8. The summed E-state index contributed by atoms with van der Waals surface area (Å²) in [6.07, 6.45) is 0.756. The molecule has 0 spiro atoms. The highest BCUT2D eigenvalue weighted by atomic mass is 79.9. The zero-order valence-corrected chi connectivity index (χ0v) is 22.7. The molecule has 6 nitrogen and oxygen atoms in total. The lowest BCUT2D eigenvalue weighted by Gasteiger charge is -2.35. The molecule has 0 aliphatic carbocycles. The Kier molecular flexibility index (Phi) is 9.31. The van der Waals surface area contributed by atoms with E-state index >= 15 is 0 Å². The van der Waals surface area contributed by atoms with Gasteiger partial charge < -0.3 is 4.90 Å². The van der Waals surface area contributed by atoms with Gasteiger partial charge in [0.15, 0.2) is 0 Å². The molecular formula is C28H32BrN3O3S. The molecule has 0 radical (unpaired) electrons. The van der Waals surface area contributed by atoms with Crippen LogP contribution in [0.2, 0.25) is 0 Å². The average molecular weight is 571 g/mol. The Bertz CT molecular complexity index is 1210. The van der Waals surface area contributed by atoms with Gasteiger partial charge in [0, 0.05) is 56.7 Å². The van der Waals surface area contributed by atoms with Crippen molar-refractivity contribution in [1.29, 1.82) is 0 Å². The monoisotopic (exact) mass is 569 g/mol. The normalized spacial score (nSPS) is 14.8. The van der Waals surface area contributed by atoms with E-state index < -0.39 is 10.0 Å². The molecule has 1 saturated heterocycles. The van der Waals surface area contributed by atoms with Gasteiger partial charge in [0.1, 0.15) is 0 Å². The van der Waals surface area contributed by atoms with Gasteiger partial charge in [-0.3, -0.25) is 9.69 Å². The van der Waals surface area contributed by atoms with Crippen LogP contribution in [-0.4, -0.2) is 67.7 Å². The van der Waals surface area contributed by atoms with Crippen molar-refractivity contribution in [1.82, 2.24) is 14.1 Å². The molecule has 0 bridgehead atoms. The van der Waals surface area contributed by atoms with Crippen molar-refractivity contribution in [2.75, 3.05) is 39.3 Å². The number of carbonyl (C=O) groups is 1. The molecule has 1 aliphatic heterocycles. The largest absolute Gasteiger partial charge is 0.340 e. The van der Waals surface area contributed by atoms with Gasteiger partial charge in [-0.15, -0.1) is 0 Å². The fraction of sp³-hybridized carbons (Fsp3) is 0.321. The quantitative estimate of drug-likeness (QED) is 0.362. The van der Waals surface area contributed by atoms with E-state index in [2.05, 4.69) is 33.0 Å². The number of carbonyl (C=O) groups excluding carboxylic acids is 1. The van der Waals surface area contributed by atoms with Crippen LogP contribution in [0.1, 0.15) is 17.5 Å². The van der Waals surface area contributed by atoms with E-state index in [9.17, 15) is 13.2 Å². The molecule has 1 aliphatic rings. The zero-order valence-electron chi connectivity index (χ0n) is 20.3. The van der Waals surface area contributed by atoms with E-state index in [1.807, 2.05) is 53.4 Å². The number of amides is 1. The van der Waals surface area contributed by atoms with Gasteiger partial charge in [0.25, 0.3) is 0 Å². The van der Waals surface area contributed by atoms with Crippen LogP contribution in [-0.2, 0) is 27.8 Å². The highest BCUT2D eigenvalue weighted by Gasteiger charge is 2.27. The molecule has 190 valence electrons. The molecule has 1 heterocycles. The Balaban J connectivity index is 1.36. The molecule has 3 aromatic carbocycles. The molecule has 3 aromatic rings. The second kappa shape index (κ2) is 12.6. The number of benzene rings is 3. The van der Waals surface area contributed by atoms with Crippen LogP contribution < -0.4 is 0 Å². The van der Waals surface area contributed by atoms with Crippen LogP contribution in [0.25, 0.3) is 0 Å². The van der Waals surface area contributed by atoms with Crippen molar-refractivity contribution < 1.29 is 13.2 Å². The Morgan fingerprint density at radius 1 is 0.778 bits per heavy atom. The second-order valence-electron chi connectivity index (χ2n) is 8.99. The Labute approximate surface area is 222 Å². The minimum absolute atomic E-state index is 0.00470. The van der Waals surface area contributed by atoms with Gasteiger partial charge >= 0.3 is 0 Å². The summed E-state index contributed by atoms with van der Waals surface area (Å²) >= 11 is 3.36. The molecule has 0 atom stereocenters. The summed E-state index contributed by atoms with van der Waals surface area (Å²) in [6.45, 7) is 4.31. The predicted octanol–water partition coefficient (Wildman–Crippen LogP) is 4.42. The standard InChI is InChI=1S/C28H32BrN3O3S/c29-26-11-13-27(14-12-26)36(34,35)32(17-15-24-7-3-1-4-8-24)18-16-28(33)31-21-19-30(20-22-31)23-25-9-5-2-6-10-25/h1-14H,15-23H2. The SMILES string of the molecule is O=C(CCN(CCc1ccccc1)S(=O)(=O)c1ccc(Br)cc1)N1CCN(Cc2ccccc2)CC1. The van der Waals surface area contributed by atoms with Crippen molar-refractivity contribution in [3.8, 4) is 0 Å². The van der Waals surface area contributed by atoms with Crippen LogP contribution in [0.5, 0.6) is 0 Å². The summed E-state index contributed by atoms with van der Waals surface area (Å²) in [5, 5.41) is 0. The highest BCUT2D eigenvalue weighted by molar-refractivity contribution is 9.10. The third-order valence-corrected chi connectivity index (χ3v) is 8.93. The van der Waals surface area contributed by atoms with Crippen molar-refractivity contribution in [2.24, 2.45) is 0 Å². The van der Waals surface area contributed by atoms with Crippen LogP contribution in [0.3, 0.4) is 0 Å². The smallest absolute Gasteiger partial charge is 0.243 e. The van der Waals surface area contributed by atoms with Gasteiger partial charge in [-0.25, -0.2) is 8.42 Å². The van der Waals surface area contributed by atoms with E-state index in [1.54, 1.807) is 24.3 Å². The van der Waals surface area contributed by atoms with E-state index in [0.29, 0.717) is 26.1 Å². The lowest BCUT2D eigenvalue weighted by molar-refractivity contribution is -0.133. The minimum atomic E-state index is -3.72. The lowest BCUT2D eigenvalue weighted by atomic mass is 10.1. The average Bonchev–Trinajstić information content (AvgIpc) is 2.90. The van der Waals surface area contributed by atoms with Gasteiger partial charge in [-0.1, -0.05) is 76.6 Å². The maximum atomic E-state index is 13.4. The predicted molar refractivity (Wildman–Crippen MR) is 146 cm³/mol. The number of nitrogens with zero attached hydrogens (tertiary/aromatic N) is 3. The van der Waals surface area contributed by atoms with Gasteiger partial charge in [-0.05, 0) is 41.8 Å². The third kappa shape index (κ3) is 7.26. The van der Waals surface area contributed by atoms with Gasteiger partial charge in [-0.2, -0.15) is 4.31 Å². The molecular weight excluding hydrogens is 538 g/mol. The molecule has 0 aromatic heterocycles. The van der Waals surface area contributed by atoms with E-state index in [-0.39, 0.29) is 23.8 Å². The fourth-order valence-corrected chi connectivity index (χ4v) is 6.09. The molecule has 0 N–H and O–H groups in total. The summed E-state index contributed by atoms with van der Waals surface area (Å²) in [7, 11) is -3.72. The summed E-state index contributed by atoms with van der Waals surface area (Å²) in [5.74, 6) is 0.00470. The van der Waals surface area contributed by atoms with Crippen LogP contribution in [0.15, 0.2) is 94.3 Å².